The molecule has 2 heterocycles. The highest BCUT2D eigenvalue weighted by Gasteiger charge is 2.17. The van der Waals surface area contributed by atoms with Crippen LogP contribution in [0.3, 0.4) is 0 Å². The van der Waals surface area contributed by atoms with Gasteiger partial charge < -0.3 is 9.32 Å². The van der Waals surface area contributed by atoms with E-state index >= 15 is 0 Å². The van der Waals surface area contributed by atoms with Crippen LogP contribution in [0.15, 0.2) is 58.6 Å². The third-order valence-electron chi connectivity index (χ3n) is 4.33. The van der Waals surface area contributed by atoms with E-state index in [9.17, 15) is 4.79 Å². The Bertz CT molecular complexity index is 973. The molecular formula is C21H22N4O2S. The molecule has 28 heavy (non-hydrogen) atoms. The lowest BCUT2D eigenvalue weighted by Gasteiger charge is -2.20. The molecule has 1 amide bonds. The lowest BCUT2D eigenvalue weighted by atomic mass is 10.1. The molecule has 3 aromatic rings. The quantitative estimate of drug-likeness (QED) is 0.537. The minimum Gasteiger partial charge on any atom is -0.467 e. The number of amides is 1. The van der Waals surface area contributed by atoms with Gasteiger partial charge in [0.1, 0.15) is 5.76 Å². The molecule has 144 valence electrons. The van der Waals surface area contributed by atoms with Gasteiger partial charge >= 0.3 is 0 Å². The summed E-state index contributed by atoms with van der Waals surface area (Å²) in [5.74, 6) is 0.897. The fraction of sp³-hybridized carbons (Fsp3) is 0.286. The van der Waals surface area contributed by atoms with Gasteiger partial charge in [-0.3, -0.25) is 9.36 Å². The first-order valence-corrected chi connectivity index (χ1v) is 9.98. The van der Waals surface area contributed by atoms with Crippen LogP contribution in [0.5, 0.6) is 0 Å². The van der Waals surface area contributed by atoms with E-state index in [0.717, 1.165) is 16.4 Å². The smallest absolute Gasteiger partial charge is 0.233 e. The predicted molar refractivity (Wildman–Crippen MR) is 108 cm³/mol. The van der Waals surface area contributed by atoms with Gasteiger partial charge in [-0.1, -0.05) is 23.9 Å². The Morgan fingerprint density at radius 1 is 1.36 bits per heavy atom. The van der Waals surface area contributed by atoms with Gasteiger partial charge in [0.05, 0.1) is 36.7 Å². The van der Waals surface area contributed by atoms with Crippen LogP contribution < -0.4 is 0 Å². The summed E-state index contributed by atoms with van der Waals surface area (Å²) in [5.41, 5.74) is 3.37. The van der Waals surface area contributed by atoms with Crippen LogP contribution in [0.1, 0.15) is 23.3 Å². The van der Waals surface area contributed by atoms with Crippen LogP contribution in [-0.2, 0) is 11.3 Å². The summed E-state index contributed by atoms with van der Waals surface area (Å²) in [6.07, 6.45) is 5.52. The molecular weight excluding hydrogens is 372 g/mol. The molecule has 0 aliphatic heterocycles. The maximum atomic E-state index is 12.8. The van der Waals surface area contributed by atoms with Crippen LogP contribution in [0, 0.1) is 25.2 Å². The molecule has 0 N–H and O–H groups in total. The number of carbonyl (C=O) groups is 1. The molecule has 1 aromatic carbocycles. The van der Waals surface area contributed by atoms with Crippen molar-refractivity contribution in [3.63, 3.8) is 0 Å². The van der Waals surface area contributed by atoms with Crippen LogP contribution in [0.25, 0.3) is 5.69 Å². The van der Waals surface area contributed by atoms with Gasteiger partial charge in [-0.25, -0.2) is 4.98 Å². The Labute approximate surface area is 168 Å². The minimum absolute atomic E-state index is 0.0489. The SMILES string of the molecule is Cc1ccc(C)c(-n2ccnc2SCC(=O)N(CCC#N)Cc2ccco2)c1. The van der Waals surface area contributed by atoms with Crippen molar-refractivity contribution in [3.8, 4) is 11.8 Å². The van der Waals surface area contributed by atoms with E-state index in [1.165, 1.54) is 17.3 Å². The number of aryl methyl sites for hydroxylation is 2. The first-order valence-electron chi connectivity index (χ1n) is 8.99. The first kappa shape index (κ1) is 19.8. The van der Waals surface area contributed by atoms with Gasteiger partial charge in [0.2, 0.25) is 5.91 Å². The number of hydrogen-bond donors (Lipinski definition) is 0. The number of imidazole rings is 1. The van der Waals surface area contributed by atoms with E-state index in [0.29, 0.717) is 18.8 Å². The molecule has 0 unspecified atom stereocenters. The van der Waals surface area contributed by atoms with E-state index in [2.05, 4.69) is 43.1 Å². The van der Waals surface area contributed by atoms with Crippen LogP contribution in [-0.4, -0.2) is 32.7 Å². The van der Waals surface area contributed by atoms with Crippen molar-refractivity contribution < 1.29 is 9.21 Å². The second kappa shape index (κ2) is 9.29. The van der Waals surface area contributed by atoms with Crippen LogP contribution >= 0.6 is 11.8 Å². The number of nitrogens with zero attached hydrogens (tertiary/aromatic N) is 4. The van der Waals surface area contributed by atoms with Gasteiger partial charge in [-0.2, -0.15) is 5.26 Å². The second-order valence-electron chi connectivity index (χ2n) is 6.46. The lowest BCUT2D eigenvalue weighted by Crippen LogP contribution is -2.32. The second-order valence-corrected chi connectivity index (χ2v) is 7.40. The first-order chi connectivity index (χ1) is 13.6. The number of benzene rings is 1. The molecule has 7 heteroatoms. The van der Waals surface area contributed by atoms with Crippen molar-refractivity contribution in [3.05, 3.63) is 65.9 Å². The Kier molecular flexibility index (Phi) is 6.56. The third kappa shape index (κ3) is 4.84. The Hall–Kier alpha value is -2.98. The predicted octanol–water partition coefficient (Wildman–Crippen LogP) is 4.12. The zero-order valence-electron chi connectivity index (χ0n) is 16.0. The summed E-state index contributed by atoms with van der Waals surface area (Å²) in [4.78, 5) is 18.8. The number of hydrogen-bond acceptors (Lipinski definition) is 5. The molecule has 0 atom stereocenters. The maximum Gasteiger partial charge on any atom is 0.233 e. The lowest BCUT2D eigenvalue weighted by molar-refractivity contribution is -0.129. The third-order valence-corrected chi connectivity index (χ3v) is 5.28. The Balaban J connectivity index is 1.70. The van der Waals surface area contributed by atoms with Gasteiger partial charge in [0, 0.05) is 18.9 Å². The molecule has 0 saturated heterocycles. The molecule has 0 saturated carbocycles. The summed E-state index contributed by atoms with van der Waals surface area (Å²) in [7, 11) is 0. The van der Waals surface area contributed by atoms with Crippen molar-refractivity contribution in [2.45, 2.75) is 32.0 Å². The molecule has 3 rings (SSSR count). The molecule has 0 aliphatic rings. The topological polar surface area (TPSA) is 75.1 Å². The molecule has 2 aromatic heterocycles. The Morgan fingerprint density at radius 2 is 2.21 bits per heavy atom. The van der Waals surface area contributed by atoms with E-state index < -0.39 is 0 Å². The van der Waals surface area contributed by atoms with Gasteiger partial charge in [-0.15, -0.1) is 0 Å². The van der Waals surface area contributed by atoms with Crippen molar-refractivity contribution in [2.75, 3.05) is 12.3 Å². The number of thioether (sulfide) groups is 1. The fourth-order valence-electron chi connectivity index (χ4n) is 2.84. The summed E-state index contributed by atoms with van der Waals surface area (Å²) >= 11 is 1.39. The average molecular weight is 395 g/mol. The van der Waals surface area contributed by atoms with Crippen molar-refractivity contribution in [2.24, 2.45) is 0 Å². The van der Waals surface area contributed by atoms with E-state index in [1.54, 1.807) is 23.4 Å². The summed E-state index contributed by atoms with van der Waals surface area (Å²) in [6.45, 7) is 4.85. The molecule has 0 spiro atoms. The molecule has 0 radical (unpaired) electrons. The molecule has 0 aliphatic carbocycles. The zero-order chi connectivity index (χ0) is 19.9. The Morgan fingerprint density at radius 3 is 2.96 bits per heavy atom. The highest BCUT2D eigenvalue weighted by atomic mass is 32.2. The summed E-state index contributed by atoms with van der Waals surface area (Å²) < 4.78 is 7.35. The van der Waals surface area contributed by atoms with E-state index in [1.807, 2.05) is 16.8 Å². The number of furan rings is 1. The van der Waals surface area contributed by atoms with Crippen molar-refractivity contribution in [1.82, 2.24) is 14.5 Å². The molecule has 0 fully saturated rings. The molecule has 0 bridgehead atoms. The maximum absolute atomic E-state index is 12.8. The zero-order valence-corrected chi connectivity index (χ0v) is 16.8. The monoisotopic (exact) mass is 394 g/mol. The number of carbonyl (C=O) groups excluding carboxylic acids is 1. The van der Waals surface area contributed by atoms with Crippen LogP contribution in [0.4, 0.5) is 0 Å². The summed E-state index contributed by atoms with van der Waals surface area (Å²) in [5, 5.41) is 9.65. The van der Waals surface area contributed by atoms with E-state index in [-0.39, 0.29) is 18.1 Å². The minimum atomic E-state index is -0.0489. The van der Waals surface area contributed by atoms with Gasteiger partial charge in [0.25, 0.3) is 0 Å². The standard InChI is InChI=1S/C21H22N4O2S/c1-16-6-7-17(2)19(13-16)25-11-9-23-21(25)28-15-20(26)24(10-4-8-22)14-18-5-3-12-27-18/h3,5-7,9,11-13H,4,10,14-15H2,1-2H3. The van der Waals surface area contributed by atoms with Crippen molar-refractivity contribution >= 4 is 17.7 Å². The number of rotatable bonds is 8. The normalized spacial score (nSPS) is 10.6. The number of nitriles is 1. The van der Waals surface area contributed by atoms with E-state index in [4.69, 9.17) is 9.68 Å². The van der Waals surface area contributed by atoms with Crippen molar-refractivity contribution in [1.29, 1.82) is 5.26 Å². The van der Waals surface area contributed by atoms with Gasteiger partial charge in [-0.05, 0) is 43.2 Å². The highest BCUT2D eigenvalue weighted by molar-refractivity contribution is 7.99. The average Bonchev–Trinajstić information content (AvgIpc) is 3.36. The number of aromatic nitrogens is 2. The largest absolute Gasteiger partial charge is 0.467 e. The van der Waals surface area contributed by atoms with Gasteiger partial charge in [0.15, 0.2) is 5.16 Å². The fourth-order valence-corrected chi connectivity index (χ4v) is 3.71. The van der Waals surface area contributed by atoms with Crippen LogP contribution in [0.2, 0.25) is 0 Å². The summed E-state index contributed by atoms with van der Waals surface area (Å²) in [6, 6.07) is 12.0. The highest BCUT2D eigenvalue weighted by Crippen LogP contribution is 2.24. The molecule has 6 nitrogen and oxygen atoms in total.